The average molecular weight is 243 g/mol. The molecule has 0 amide bonds. The summed E-state index contributed by atoms with van der Waals surface area (Å²) in [5.41, 5.74) is 6.77. The molecule has 0 aliphatic heterocycles. The Morgan fingerprint density at radius 3 is 2.41 bits per heavy atom. The monoisotopic (exact) mass is 242 g/mol. The third-order valence-corrected chi connectivity index (χ3v) is 3.70. The van der Waals surface area contributed by atoms with Crippen molar-refractivity contribution in [1.82, 2.24) is 0 Å². The number of alkyl halides is 1. The first-order chi connectivity index (χ1) is 8.05. The highest BCUT2D eigenvalue weighted by atomic mass is 35.5. The Balaban J connectivity index is 2.13. The predicted molar refractivity (Wildman–Crippen MR) is 73.6 cm³/mol. The van der Waals surface area contributed by atoms with E-state index < -0.39 is 0 Å². The first kappa shape index (κ1) is 10.9. The van der Waals surface area contributed by atoms with Crippen molar-refractivity contribution in [3.8, 4) is 11.1 Å². The SMILES string of the molecule is CC(C)(Cl)c1ccc2c(c1)Cc1ccccc1-2. The predicted octanol–water partition coefficient (Wildman–Crippen LogP) is 4.73. The molecule has 0 fully saturated rings. The number of benzene rings is 2. The van der Waals surface area contributed by atoms with E-state index in [1.807, 2.05) is 13.8 Å². The van der Waals surface area contributed by atoms with Crippen LogP contribution >= 0.6 is 11.6 Å². The lowest BCUT2D eigenvalue weighted by Gasteiger charge is -2.17. The van der Waals surface area contributed by atoms with Crippen LogP contribution in [0.2, 0.25) is 0 Å². The first-order valence-electron chi connectivity index (χ1n) is 5.96. The molecular weight excluding hydrogens is 228 g/mol. The molecule has 0 saturated carbocycles. The van der Waals surface area contributed by atoms with Crippen LogP contribution in [0.15, 0.2) is 42.5 Å². The third kappa shape index (κ3) is 1.77. The standard InChI is InChI=1S/C16H15Cl/c1-16(2,17)13-7-8-15-12(10-13)9-11-5-3-4-6-14(11)15/h3-8,10H,9H2,1-2H3. The molecule has 0 N–H and O–H groups in total. The Hall–Kier alpha value is -1.27. The van der Waals surface area contributed by atoms with Crippen molar-refractivity contribution in [1.29, 1.82) is 0 Å². The number of hydrogen-bond acceptors (Lipinski definition) is 0. The molecule has 0 spiro atoms. The summed E-state index contributed by atoms with van der Waals surface area (Å²) < 4.78 is 0. The fraction of sp³-hybridized carbons (Fsp3) is 0.250. The normalized spacial score (nSPS) is 13.4. The lowest BCUT2D eigenvalue weighted by molar-refractivity contribution is 0.765. The lowest BCUT2D eigenvalue weighted by atomic mass is 9.97. The minimum absolute atomic E-state index is 0.288. The zero-order chi connectivity index (χ0) is 12.0. The van der Waals surface area contributed by atoms with E-state index in [9.17, 15) is 0 Å². The van der Waals surface area contributed by atoms with E-state index >= 15 is 0 Å². The molecule has 3 rings (SSSR count). The Kier molecular flexibility index (Phi) is 2.31. The summed E-state index contributed by atoms with van der Waals surface area (Å²) in [5, 5.41) is 0. The van der Waals surface area contributed by atoms with Crippen LogP contribution in [0.1, 0.15) is 30.5 Å². The van der Waals surface area contributed by atoms with Gasteiger partial charge in [0.1, 0.15) is 0 Å². The van der Waals surface area contributed by atoms with Crippen molar-refractivity contribution < 1.29 is 0 Å². The minimum Gasteiger partial charge on any atom is -0.115 e. The van der Waals surface area contributed by atoms with E-state index in [0.717, 1.165) is 6.42 Å². The van der Waals surface area contributed by atoms with Gasteiger partial charge in [0, 0.05) is 0 Å². The van der Waals surface area contributed by atoms with Gasteiger partial charge < -0.3 is 0 Å². The largest absolute Gasteiger partial charge is 0.115 e. The second-order valence-corrected chi connectivity index (χ2v) is 6.12. The highest BCUT2D eigenvalue weighted by Crippen LogP contribution is 2.39. The zero-order valence-corrected chi connectivity index (χ0v) is 10.9. The van der Waals surface area contributed by atoms with E-state index in [2.05, 4.69) is 42.5 Å². The molecule has 0 atom stereocenters. The van der Waals surface area contributed by atoms with E-state index in [-0.39, 0.29) is 4.87 Å². The molecule has 0 bridgehead atoms. The average Bonchev–Trinajstić information content (AvgIpc) is 2.65. The van der Waals surface area contributed by atoms with Gasteiger partial charge in [0.25, 0.3) is 0 Å². The maximum atomic E-state index is 6.37. The molecule has 17 heavy (non-hydrogen) atoms. The highest BCUT2D eigenvalue weighted by molar-refractivity contribution is 6.23. The smallest absolute Gasteiger partial charge is 0.0638 e. The molecular formula is C16H15Cl. The molecule has 1 heteroatoms. The van der Waals surface area contributed by atoms with Crippen LogP contribution in [-0.4, -0.2) is 0 Å². The van der Waals surface area contributed by atoms with Gasteiger partial charge >= 0.3 is 0 Å². The van der Waals surface area contributed by atoms with Crippen LogP contribution in [0.4, 0.5) is 0 Å². The van der Waals surface area contributed by atoms with Crippen molar-refractivity contribution in [3.63, 3.8) is 0 Å². The van der Waals surface area contributed by atoms with Crippen molar-refractivity contribution in [2.75, 3.05) is 0 Å². The summed E-state index contributed by atoms with van der Waals surface area (Å²) in [6.07, 6.45) is 1.03. The summed E-state index contributed by atoms with van der Waals surface area (Å²) in [6.45, 7) is 4.08. The van der Waals surface area contributed by atoms with Crippen molar-refractivity contribution >= 4 is 11.6 Å². The first-order valence-corrected chi connectivity index (χ1v) is 6.34. The summed E-state index contributed by atoms with van der Waals surface area (Å²) in [5.74, 6) is 0. The fourth-order valence-corrected chi connectivity index (χ4v) is 2.63. The van der Waals surface area contributed by atoms with Gasteiger partial charge in [0.05, 0.1) is 4.87 Å². The quantitative estimate of drug-likeness (QED) is 0.541. The molecule has 0 aromatic heterocycles. The molecule has 0 heterocycles. The Morgan fingerprint density at radius 1 is 0.941 bits per heavy atom. The van der Waals surface area contributed by atoms with Gasteiger partial charge in [-0.3, -0.25) is 0 Å². The maximum Gasteiger partial charge on any atom is 0.0638 e. The van der Waals surface area contributed by atoms with Gasteiger partial charge in [-0.15, -0.1) is 11.6 Å². The lowest BCUT2D eigenvalue weighted by Crippen LogP contribution is -2.07. The molecule has 1 aliphatic carbocycles. The molecule has 2 aromatic rings. The van der Waals surface area contributed by atoms with Crippen molar-refractivity contribution in [2.45, 2.75) is 25.1 Å². The molecule has 1 aliphatic rings. The maximum absolute atomic E-state index is 6.37. The fourth-order valence-electron chi connectivity index (χ4n) is 2.51. The zero-order valence-electron chi connectivity index (χ0n) is 10.1. The summed E-state index contributed by atoms with van der Waals surface area (Å²) >= 11 is 6.37. The highest BCUT2D eigenvalue weighted by Gasteiger charge is 2.22. The molecule has 0 nitrogen and oxygen atoms in total. The van der Waals surface area contributed by atoms with Gasteiger partial charge in [-0.05, 0) is 48.1 Å². The van der Waals surface area contributed by atoms with Gasteiger partial charge in [-0.1, -0.05) is 42.5 Å². The van der Waals surface area contributed by atoms with Crippen LogP contribution in [-0.2, 0) is 11.3 Å². The van der Waals surface area contributed by atoms with E-state index in [0.29, 0.717) is 0 Å². The van der Waals surface area contributed by atoms with E-state index in [1.165, 1.54) is 27.8 Å². The molecule has 2 aromatic carbocycles. The number of hydrogen-bond donors (Lipinski definition) is 0. The Labute approximate surface area is 107 Å². The molecule has 0 saturated heterocycles. The Bertz CT molecular complexity index is 576. The van der Waals surface area contributed by atoms with Crippen LogP contribution < -0.4 is 0 Å². The van der Waals surface area contributed by atoms with Gasteiger partial charge in [-0.25, -0.2) is 0 Å². The van der Waals surface area contributed by atoms with Gasteiger partial charge in [0.2, 0.25) is 0 Å². The van der Waals surface area contributed by atoms with E-state index in [4.69, 9.17) is 11.6 Å². The molecule has 0 unspecified atom stereocenters. The van der Waals surface area contributed by atoms with Gasteiger partial charge in [0.15, 0.2) is 0 Å². The number of halogens is 1. The van der Waals surface area contributed by atoms with Crippen molar-refractivity contribution in [2.24, 2.45) is 0 Å². The van der Waals surface area contributed by atoms with Crippen LogP contribution in [0.5, 0.6) is 0 Å². The van der Waals surface area contributed by atoms with Crippen LogP contribution in [0.25, 0.3) is 11.1 Å². The van der Waals surface area contributed by atoms with E-state index in [1.54, 1.807) is 0 Å². The number of rotatable bonds is 1. The second kappa shape index (κ2) is 3.61. The summed E-state index contributed by atoms with van der Waals surface area (Å²) in [6, 6.07) is 15.2. The number of fused-ring (bicyclic) bond motifs is 3. The van der Waals surface area contributed by atoms with Crippen LogP contribution in [0, 0.1) is 0 Å². The minimum atomic E-state index is -0.288. The third-order valence-electron chi connectivity index (χ3n) is 3.48. The van der Waals surface area contributed by atoms with Gasteiger partial charge in [-0.2, -0.15) is 0 Å². The molecule has 86 valence electrons. The topological polar surface area (TPSA) is 0 Å². The summed E-state index contributed by atoms with van der Waals surface area (Å²) in [4.78, 5) is -0.288. The van der Waals surface area contributed by atoms with Crippen molar-refractivity contribution in [3.05, 3.63) is 59.2 Å². The Morgan fingerprint density at radius 2 is 1.65 bits per heavy atom. The van der Waals surface area contributed by atoms with Crippen LogP contribution in [0.3, 0.4) is 0 Å². The molecule has 0 radical (unpaired) electrons. The summed E-state index contributed by atoms with van der Waals surface area (Å²) in [7, 11) is 0. The second-order valence-electron chi connectivity index (χ2n) is 5.18.